The molecule has 0 saturated heterocycles. The van der Waals surface area contributed by atoms with Crippen LogP contribution >= 0.6 is 27.3 Å². The lowest BCUT2D eigenvalue weighted by molar-refractivity contribution is 0.607. The Labute approximate surface area is 131 Å². The second kappa shape index (κ2) is 6.15. The van der Waals surface area contributed by atoms with Crippen molar-refractivity contribution >= 4 is 48.7 Å². The second-order valence-electron chi connectivity index (χ2n) is 4.49. The standard InChI is InChI=1S/C13H15BrN2O2S2/c1-9-5-11(3-4-13(9)16-20(2,17)18)15-7-12-6-10(14)8-19-12/h3-6,8,15-16H,7H2,1-2H3. The number of hydrogen-bond acceptors (Lipinski definition) is 4. The van der Waals surface area contributed by atoms with Crippen LogP contribution in [0, 0.1) is 6.92 Å². The van der Waals surface area contributed by atoms with Crippen LogP contribution in [0.3, 0.4) is 0 Å². The fourth-order valence-corrected chi connectivity index (χ4v) is 3.74. The van der Waals surface area contributed by atoms with Crippen LogP contribution in [0.5, 0.6) is 0 Å². The van der Waals surface area contributed by atoms with Crippen molar-refractivity contribution in [1.29, 1.82) is 0 Å². The minimum Gasteiger partial charge on any atom is -0.380 e. The molecule has 0 aliphatic rings. The number of sulfonamides is 1. The van der Waals surface area contributed by atoms with Gasteiger partial charge in [0.25, 0.3) is 0 Å². The third kappa shape index (κ3) is 4.50. The van der Waals surface area contributed by atoms with Crippen LogP contribution in [0.4, 0.5) is 11.4 Å². The van der Waals surface area contributed by atoms with Gasteiger partial charge < -0.3 is 5.32 Å². The molecule has 0 bridgehead atoms. The van der Waals surface area contributed by atoms with E-state index in [2.05, 4.69) is 32.0 Å². The summed E-state index contributed by atoms with van der Waals surface area (Å²) in [6.45, 7) is 2.62. The van der Waals surface area contributed by atoms with Gasteiger partial charge in [0.15, 0.2) is 0 Å². The van der Waals surface area contributed by atoms with Crippen molar-refractivity contribution < 1.29 is 8.42 Å². The number of rotatable bonds is 5. The Hall–Kier alpha value is -1.05. The molecule has 0 amide bonds. The minimum atomic E-state index is -3.24. The number of benzene rings is 1. The maximum atomic E-state index is 11.2. The van der Waals surface area contributed by atoms with E-state index in [1.165, 1.54) is 4.88 Å². The van der Waals surface area contributed by atoms with Gasteiger partial charge in [-0.15, -0.1) is 11.3 Å². The van der Waals surface area contributed by atoms with Crippen LogP contribution in [-0.4, -0.2) is 14.7 Å². The first-order valence-electron chi connectivity index (χ1n) is 5.89. The van der Waals surface area contributed by atoms with E-state index >= 15 is 0 Å². The number of aryl methyl sites for hydroxylation is 1. The summed E-state index contributed by atoms with van der Waals surface area (Å²) >= 11 is 5.11. The largest absolute Gasteiger partial charge is 0.380 e. The molecule has 0 spiro atoms. The van der Waals surface area contributed by atoms with E-state index in [0.717, 1.165) is 28.5 Å². The van der Waals surface area contributed by atoms with Gasteiger partial charge in [0.2, 0.25) is 10.0 Å². The van der Waals surface area contributed by atoms with Crippen molar-refractivity contribution in [2.75, 3.05) is 16.3 Å². The summed E-state index contributed by atoms with van der Waals surface area (Å²) in [5.74, 6) is 0. The predicted molar refractivity (Wildman–Crippen MR) is 89.0 cm³/mol. The van der Waals surface area contributed by atoms with E-state index in [4.69, 9.17) is 0 Å². The van der Waals surface area contributed by atoms with E-state index in [1.807, 2.05) is 24.4 Å². The van der Waals surface area contributed by atoms with Gasteiger partial charge in [-0.25, -0.2) is 8.42 Å². The highest BCUT2D eigenvalue weighted by Crippen LogP contribution is 2.23. The molecule has 2 aromatic rings. The number of thiophene rings is 1. The molecule has 0 saturated carbocycles. The Morgan fingerprint density at radius 2 is 2.05 bits per heavy atom. The maximum Gasteiger partial charge on any atom is 0.229 e. The zero-order valence-electron chi connectivity index (χ0n) is 11.1. The van der Waals surface area contributed by atoms with Crippen molar-refractivity contribution in [2.24, 2.45) is 0 Å². The molecular weight excluding hydrogens is 360 g/mol. The van der Waals surface area contributed by atoms with Crippen molar-refractivity contribution in [1.82, 2.24) is 0 Å². The highest BCUT2D eigenvalue weighted by atomic mass is 79.9. The van der Waals surface area contributed by atoms with Gasteiger partial charge in [0, 0.05) is 27.0 Å². The summed E-state index contributed by atoms with van der Waals surface area (Å²) in [7, 11) is -3.24. The third-order valence-corrected chi connectivity index (χ3v) is 4.90. The summed E-state index contributed by atoms with van der Waals surface area (Å²) in [4.78, 5) is 1.23. The van der Waals surface area contributed by atoms with Crippen LogP contribution < -0.4 is 10.0 Å². The molecule has 0 atom stereocenters. The first kappa shape index (κ1) is 15.3. The van der Waals surface area contributed by atoms with Gasteiger partial charge in [-0.3, -0.25) is 4.72 Å². The van der Waals surface area contributed by atoms with Gasteiger partial charge >= 0.3 is 0 Å². The minimum absolute atomic E-state index is 0.608. The Morgan fingerprint density at radius 3 is 2.60 bits per heavy atom. The molecule has 0 aliphatic heterocycles. The molecule has 1 aromatic carbocycles. The number of nitrogens with one attached hydrogen (secondary N) is 2. The molecule has 7 heteroatoms. The topological polar surface area (TPSA) is 58.2 Å². The van der Waals surface area contributed by atoms with Gasteiger partial charge in [0.05, 0.1) is 11.9 Å². The lowest BCUT2D eigenvalue weighted by Crippen LogP contribution is -2.10. The Morgan fingerprint density at radius 1 is 1.30 bits per heavy atom. The molecular formula is C13H15BrN2O2S2. The van der Waals surface area contributed by atoms with Crippen molar-refractivity contribution in [3.8, 4) is 0 Å². The van der Waals surface area contributed by atoms with Gasteiger partial charge in [0.1, 0.15) is 0 Å². The van der Waals surface area contributed by atoms with Crippen LogP contribution in [0.15, 0.2) is 34.1 Å². The van der Waals surface area contributed by atoms with Crippen molar-refractivity contribution in [2.45, 2.75) is 13.5 Å². The zero-order chi connectivity index (χ0) is 14.8. The molecule has 1 aromatic heterocycles. The second-order valence-corrected chi connectivity index (χ2v) is 8.15. The van der Waals surface area contributed by atoms with Crippen LogP contribution in [0.25, 0.3) is 0 Å². The first-order chi connectivity index (χ1) is 9.33. The molecule has 108 valence electrons. The highest BCUT2D eigenvalue weighted by Gasteiger charge is 2.05. The fourth-order valence-electron chi connectivity index (χ4n) is 1.72. The molecule has 2 rings (SSSR count). The van der Waals surface area contributed by atoms with Crippen LogP contribution in [0.1, 0.15) is 10.4 Å². The SMILES string of the molecule is Cc1cc(NCc2cc(Br)cs2)ccc1NS(C)(=O)=O. The number of halogens is 1. The average Bonchev–Trinajstić information content (AvgIpc) is 2.74. The lowest BCUT2D eigenvalue weighted by atomic mass is 10.2. The van der Waals surface area contributed by atoms with Crippen molar-refractivity contribution in [3.63, 3.8) is 0 Å². The molecule has 0 aliphatic carbocycles. The Bertz CT molecular complexity index is 711. The third-order valence-electron chi connectivity index (χ3n) is 2.61. The van der Waals surface area contributed by atoms with Crippen molar-refractivity contribution in [3.05, 3.63) is 44.6 Å². The molecule has 4 nitrogen and oxygen atoms in total. The summed E-state index contributed by atoms with van der Waals surface area (Å²) in [6, 6.07) is 7.63. The Balaban J connectivity index is 2.05. The lowest BCUT2D eigenvalue weighted by Gasteiger charge is -2.11. The van der Waals surface area contributed by atoms with Gasteiger partial charge in [-0.2, -0.15) is 0 Å². The molecule has 20 heavy (non-hydrogen) atoms. The monoisotopic (exact) mass is 374 g/mol. The first-order valence-corrected chi connectivity index (χ1v) is 9.45. The summed E-state index contributed by atoms with van der Waals surface area (Å²) in [6.07, 6.45) is 1.15. The Kier molecular flexibility index (Phi) is 4.72. The van der Waals surface area contributed by atoms with Crippen LogP contribution in [0.2, 0.25) is 0 Å². The van der Waals surface area contributed by atoms with E-state index in [1.54, 1.807) is 17.4 Å². The molecule has 0 unspecified atom stereocenters. The van der Waals surface area contributed by atoms with Gasteiger partial charge in [-0.05, 0) is 52.7 Å². The van der Waals surface area contributed by atoms with Crippen LogP contribution in [-0.2, 0) is 16.6 Å². The maximum absolute atomic E-state index is 11.2. The summed E-state index contributed by atoms with van der Waals surface area (Å²) < 4.78 is 26.0. The molecule has 1 heterocycles. The summed E-state index contributed by atoms with van der Waals surface area (Å²) in [5, 5.41) is 5.36. The highest BCUT2D eigenvalue weighted by molar-refractivity contribution is 9.10. The fraction of sp³-hybridized carbons (Fsp3) is 0.231. The molecule has 2 N–H and O–H groups in total. The van der Waals surface area contributed by atoms with E-state index < -0.39 is 10.0 Å². The zero-order valence-corrected chi connectivity index (χ0v) is 14.3. The van der Waals surface area contributed by atoms with E-state index in [0.29, 0.717) is 5.69 Å². The quantitative estimate of drug-likeness (QED) is 0.836. The van der Waals surface area contributed by atoms with E-state index in [-0.39, 0.29) is 0 Å². The normalized spacial score (nSPS) is 11.3. The number of hydrogen-bond donors (Lipinski definition) is 2. The molecule has 0 fully saturated rings. The predicted octanol–water partition coefficient (Wildman–Crippen LogP) is 3.80. The number of anilines is 2. The van der Waals surface area contributed by atoms with E-state index in [9.17, 15) is 8.42 Å². The summed E-state index contributed by atoms with van der Waals surface area (Å²) in [5.41, 5.74) is 2.45. The molecule has 0 radical (unpaired) electrons. The van der Waals surface area contributed by atoms with Gasteiger partial charge in [-0.1, -0.05) is 0 Å². The average molecular weight is 375 g/mol. The smallest absolute Gasteiger partial charge is 0.229 e.